The second-order valence-corrected chi connectivity index (χ2v) is 11.4. The Balaban J connectivity index is 1.63. The summed E-state index contributed by atoms with van der Waals surface area (Å²) in [5.74, 6) is -0.376. The van der Waals surface area contributed by atoms with Gasteiger partial charge in [0.25, 0.3) is 0 Å². The standard InChI is InChI=1S/C27H37ClN4O5S/c1-3-30-38(35,36)25-11-6-22(7-12-25)8-13-26(33)32(20-23-4-9-24(28)10-5-23)21(2)27(34)29-14-15-31-16-18-37-19-17-31/h4-7,9-12,21,30H,3,8,13-20H2,1-2H3,(H,29,34)/t21-/m0/s1. The van der Waals surface area contributed by atoms with Gasteiger partial charge in [0.05, 0.1) is 18.1 Å². The Bertz CT molecular complexity index is 1150. The van der Waals surface area contributed by atoms with Crippen LogP contribution in [0.15, 0.2) is 53.4 Å². The molecular formula is C27H37ClN4O5S. The first kappa shape index (κ1) is 30.0. The Hall–Kier alpha value is -2.50. The van der Waals surface area contributed by atoms with Crippen molar-refractivity contribution < 1.29 is 22.7 Å². The Kier molecular flexibility index (Phi) is 11.5. The van der Waals surface area contributed by atoms with E-state index in [0.717, 1.165) is 30.8 Å². The molecular weight excluding hydrogens is 528 g/mol. The van der Waals surface area contributed by atoms with Gasteiger partial charge in [-0.15, -0.1) is 0 Å². The summed E-state index contributed by atoms with van der Waals surface area (Å²) in [6.45, 7) is 8.33. The first-order chi connectivity index (χ1) is 18.2. The van der Waals surface area contributed by atoms with Crippen molar-refractivity contribution in [1.82, 2.24) is 19.8 Å². The topological polar surface area (TPSA) is 108 Å². The van der Waals surface area contributed by atoms with Gasteiger partial charge in [-0.1, -0.05) is 42.8 Å². The van der Waals surface area contributed by atoms with E-state index in [4.69, 9.17) is 16.3 Å². The van der Waals surface area contributed by atoms with E-state index in [1.807, 2.05) is 12.1 Å². The normalized spacial score (nSPS) is 15.1. The zero-order chi connectivity index (χ0) is 27.5. The summed E-state index contributed by atoms with van der Waals surface area (Å²) in [5, 5.41) is 3.56. The molecule has 0 spiro atoms. The first-order valence-corrected chi connectivity index (χ1v) is 14.8. The number of rotatable bonds is 13. The van der Waals surface area contributed by atoms with E-state index in [2.05, 4.69) is 14.9 Å². The van der Waals surface area contributed by atoms with Gasteiger partial charge in [0.15, 0.2) is 0 Å². The third kappa shape index (κ3) is 9.06. The third-order valence-electron chi connectivity index (χ3n) is 6.46. The number of halogens is 1. The molecule has 1 heterocycles. The molecule has 2 N–H and O–H groups in total. The predicted molar refractivity (Wildman–Crippen MR) is 147 cm³/mol. The molecule has 2 aromatic rings. The van der Waals surface area contributed by atoms with Crippen LogP contribution in [0.4, 0.5) is 0 Å². The van der Waals surface area contributed by atoms with Crippen molar-refractivity contribution in [1.29, 1.82) is 0 Å². The third-order valence-corrected chi connectivity index (χ3v) is 8.27. The lowest BCUT2D eigenvalue weighted by Crippen LogP contribution is -2.49. The molecule has 0 radical (unpaired) electrons. The highest BCUT2D eigenvalue weighted by Crippen LogP contribution is 2.17. The van der Waals surface area contributed by atoms with Gasteiger partial charge in [0.1, 0.15) is 6.04 Å². The van der Waals surface area contributed by atoms with E-state index >= 15 is 0 Å². The number of amides is 2. The summed E-state index contributed by atoms with van der Waals surface area (Å²) in [4.78, 5) is 30.4. The average Bonchev–Trinajstić information content (AvgIpc) is 2.91. The number of hydrogen-bond donors (Lipinski definition) is 2. The van der Waals surface area contributed by atoms with Gasteiger partial charge in [-0.25, -0.2) is 13.1 Å². The van der Waals surface area contributed by atoms with Crippen LogP contribution < -0.4 is 10.0 Å². The number of ether oxygens (including phenoxy) is 1. The van der Waals surface area contributed by atoms with Crippen LogP contribution in [-0.4, -0.2) is 82.0 Å². The summed E-state index contributed by atoms with van der Waals surface area (Å²) < 4.78 is 32.2. The Morgan fingerprint density at radius 3 is 2.32 bits per heavy atom. The minimum atomic E-state index is -3.53. The molecule has 1 saturated heterocycles. The number of benzene rings is 2. The second kappa shape index (κ2) is 14.6. The van der Waals surface area contributed by atoms with Crippen molar-refractivity contribution in [3.8, 4) is 0 Å². The van der Waals surface area contributed by atoms with E-state index in [9.17, 15) is 18.0 Å². The van der Waals surface area contributed by atoms with Crippen LogP contribution >= 0.6 is 11.6 Å². The first-order valence-electron chi connectivity index (χ1n) is 12.9. The molecule has 38 heavy (non-hydrogen) atoms. The zero-order valence-electron chi connectivity index (χ0n) is 22.0. The summed E-state index contributed by atoms with van der Waals surface area (Å²) in [7, 11) is -3.53. The number of nitrogens with zero attached hydrogens (tertiary/aromatic N) is 2. The number of aryl methyl sites for hydroxylation is 1. The molecule has 1 fully saturated rings. The molecule has 1 atom stereocenters. The van der Waals surface area contributed by atoms with E-state index in [0.29, 0.717) is 37.7 Å². The summed E-state index contributed by atoms with van der Waals surface area (Å²) in [6, 6.07) is 13.0. The molecule has 2 amide bonds. The molecule has 208 valence electrons. The lowest BCUT2D eigenvalue weighted by Gasteiger charge is -2.30. The molecule has 11 heteroatoms. The van der Waals surface area contributed by atoms with Crippen LogP contribution in [0.2, 0.25) is 5.02 Å². The lowest BCUT2D eigenvalue weighted by atomic mass is 10.1. The van der Waals surface area contributed by atoms with E-state index in [1.165, 1.54) is 12.1 Å². The molecule has 0 aromatic heterocycles. The van der Waals surface area contributed by atoms with Crippen molar-refractivity contribution in [2.45, 2.75) is 44.2 Å². The smallest absolute Gasteiger partial charge is 0.242 e. The van der Waals surface area contributed by atoms with Crippen molar-refractivity contribution in [2.75, 3.05) is 45.9 Å². The van der Waals surface area contributed by atoms with Crippen molar-refractivity contribution in [3.63, 3.8) is 0 Å². The predicted octanol–water partition coefficient (Wildman–Crippen LogP) is 2.44. The van der Waals surface area contributed by atoms with Crippen molar-refractivity contribution >= 4 is 33.4 Å². The fourth-order valence-corrected chi connectivity index (χ4v) is 5.35. The van der Waals surface area contributed by atoms with Crippen molar-refractivity contribution in [2.24, 2.45) is 0 Å². The fourth-order valence-electron chi connectivity index (χ4n) is 4.18. The van der Waals surface area contributed by atoms with Crippen LogP contribution in [-0.2, 0) is 37.3 Å². The highest BCUT2D eigenvalue weighted by atomic mass is 35.5. The summed E-state index contributed by atoms with van der Waals surface area (Å²) in [5.41, 5.74) is 1.71. The minimum Gasteiger partial charge on any atom is -0.379 e. The van der Waals surface area contributed by atoms with Gasteiger partial charge >= 0.3 is 0 Å². The van der Waals surface area contributed by atoms with E-state index in [-0.39, 0.29) is 29.7 Å². The second-order valence-electron chi connectivity index (χ2n) is 9.21. The molecule has 0 saturated carbocycles. The van der Waals surface area contributed by atoms with Crippen LogP contribution in [0.25, 0.3) is 0 Å². The Labute approximate surface area is 230 Å². The monoisotopic (exact) mass is 564 g/mol. The Morgan fingerprint density at radius 2 is 1.68 bits per heavy atom. The van der Waals surface area contributed by atoms with Gasteiger partial charge in [-0.2, -0.15) is 0 Å². The molecule has 0 unspecified atom stereocenters. The van der Waals surface area contributed by atoms with E-state index < -0.39 is 16.1 Å². The summed E-state index contributed by atoms with van der Waals surface area (Å²) >= 11 is 6.02. The SMILES string of the molecule is CCNS(=O)(=O)c1ccc(CCC(=O)N(Cc2ccc(Cl)cc2)[C@@H](C)C(=O)NCCN2CCOCC2)cc1. The maximum Gasteiger partial charge on any atom is 0.242 e. The number of carbonyl (C=O) groups is 2. The Morgan fingerprint density at radius 1 is 1.05 bits per heavy atom. The average molecular weight is 565 g/mol. The molecule has 2 aromatic carbocycles. The molecule has 1 aliphatic heterocycles. The largest absolute Gasteiger partial charge is 0.379 e. The van der Waals surface area contributed by atoms with Crippen LogP contribution in [0.1, 0.15) is 31.4 Å². The molecule has 0 aliphatic carbocycles. The van der Waals surface area contributed by atoms with Crippen LogP contribution in [0.3, 0.4) is 0 Å². The van der Waals surface area contributed by atoms with Crippen LogP contribution in [0.5, 0.6) is 0 Å². The van der Waals surface area contributed by atoms with Gasteiger partial charge in [0.2, 0.25) is 21.8 Å². The number of morpholine rings is 1. The minimum absolute atomic E-state index is 0.167. The molecule has 3 rings (SSSR count). The maximum atomic E-state index is 13.4. The van der Waals surface area contributed by atoms with E-state index in [1.54, 1.807) is 43.0 Å². The van der Waals surface area contributed by atoms with Gasteiger partial charge in [-0.3, -0.25) is 14.5 Å². The lowest BCUT2D eigenvalue weighted by molar-refractivity contribution is -0.140. The molecule has 0 bridgehead atoms. The van der Waals surface area contributed by atoms with Gasteiger partial charge < -0.3 is 15.0 Å². The van der Waals surface area contributed by atoms with Crippen molar-refractivity contribution in [3.05, 3.63) is 64.7 Å². The van der Waals surface area contributed by atoms with Gasteiger partial charge in [0, 0.05) is 50.7 Å². The zero-order valence-corrected chi connectivity index (χ0v) is 23.6. The number of sulfonamides is 1. The fraction of sp³-hybridized carbons (Fsp3) is 0.481. The quantitative estimate of drug-likeness (QED) is 0.387. The molecule has 1 aliphatic rings. The number of hydrogen-bond acceptors (Lipinski definition) is 6. The highest BCUT2D eigenvalue weighted by Gasteiger charge is 2.26. The molecule has 9 nitrogen and oxygen atoms in total. The maximum absolute atomic E-state index is 13.4. The van der Waals surface area contributed by atoms with Gasteiger partial charge in [-0.05, 0) is 48.7 Å². The number of carbonyl (C=O) groups excluding carboxylic acids is 2. The highest BCUT2D eigenvalue weighted by molar-refractivity contribution is 7.89. The van der Waals surface area contributed by atoms with Crippen LogP contribution in [0, 0.1) is 0 Å². The summed E-state index contributed by atoms with van der Waals surface area (Å²) in [6.07, 6.45) is 0.598. The number of nitrogens with one attached hydrogen (secondary N) is 2.